The van der Waals surface area contributed by atoms with Gasteiger partial charge in [0, 0.05) is 6.07 Å². The second-order valence-corrected chi connectivity index (χ2v) is 4.44. The first-order chi connectivity index (χ1) is 8.16. The quantitative estimate of drug-likeness (QED) is 0.808. The molecule has 1 aliphatic rings. The molecule has 1 aromatic carbocycles. The molecule has 0 aromatic heterocycles. The molecule has 1 N–H and O–H groups in total. The molecule has 2 rings (SSSR count). The third-order valence-electron chi connectivity index (χ3n) is 3.10. The Balaban J connectivity index is 2.05. The summed E-state index contributed by atoms with van der Waals surface area (Å²) in [6.45, 7) is 0. The molecule has 94 valence electrons. The predicted molar refractivity (Wildman–Crippen MR) is 59.9 cm³/mol. The minimum Gasteiger partial charge on any atom is -0.488 e. The highest BCUT2D eigenvalue weighted by molar-refractivity contribution is 5.24. The van der Waals surface area contributed by atoms with Gasteiger partial charge in [0.25, 0.3) is 0 Å². The summed E-state index contributed by atoms with van der Waals surface area (Å²) >= 11 is 0. The number of aliphatic hydroxyl groups excluding tert-OH is 1. The van der Waals surface area contributed by atoms with E-state index in [0.717, 1.165) is 37.8 Å². The van der Waals surface area contributed by atoms with E-state index in [9.17, 15) is 13.9 Å². The van der Waals surface area contributed by atoms with Gasteiger partial charge < -0.3 is 9.84 Å². The zero-order valence-electron chi connectivity index (χ0n) is 9.53. The van der Waals surface area contributed by atoms with Gasteiger partial charge in [-0.05, 0) is 31.4 Å². The standard InChI is InChI=1S/C13H16F2O2/c14-10-7-6-9(8-11(10)15)17-13-5-3-1-2-4-12(13)16/h6-8,12-13,16H,1-5H2. The van der Waals surface area contributed by atoms with Gasteiger partial charge in [0.15, 0.2) is 11.6 Å². The zero-order chi connectivity index (χ0) is 12.3. The van der Waals surface area contributed by atoms with E-state index >= 15 is 0 Å². The van der Waals surface area contributed by atoms with E-state index in [-0.39, 0.29) is 11.9 Å². The van der Waals surface area contributed by atoms with Crippen LogP contribution in [0, 0.1) is 11.6 Å². The van der Waals surface area contributed by atoms with Crippen LogP contribution < -0.4 is 4.74 Å². The van der Waals surface area contributed by atoms with Gasteiger partial charge in [0.1, 0.15) is 11.9 Å². The van der Waals surface area contributed by atoms with E-state index in [2.05, 4.69) is 0 Å². The number of hydrogen-bond acceptors (Lipinski definition) is 2. The van der Waals surface area contributed by atoms with Crippen molar-refractivity contribution in [2.75, 3.05) is 0 Å². The Bertz CT molecular complexity index is 382. The Morgan fingerprint density at radius 1 is 1.06 bits per heavy atom. The van der Waals surface area contributed by atoms with Crippen molar-refractivity contribution in [1.82, 2.24) is 0 Å². The summed E-state index contributed by atoms with van der Waals surface area (Å²) in [7, 11) is 0. The lowest BCUT2D eigenvalue weighted by molar-refractivity contribution is 0.0317. The van der Waals surface area contributed by atoms with Crippen molar-refractivity contribution < 1.29 is 18.6 Å². The fourth-order valence-electron chi connectivity index (χ4n) is 2.12. The molecule has 0 aliphatic heterocycles. The molecule has 17 heavy (non-hydrogen) atoms. The summed E-state index contributed by atoms with van der Waals surface area (Å²) < 4.78 is 31.3. The van der Waals surface area contributed by atoms with Crippen LogP contribution in [0.15, 0.2) is 18.2 Å². The Hall–Kier alpha value is -1.16. The lowest BCUT2D eigenvalue weighted by atomic mass is 10.1. The molecule has 0 saturated heterocycles. The Morgan fingerprint density at radius 2 is 1.82 bits per heavy atom. The fourth-order valence-corrected chi connectivity index (χ4v) is 2.12. The van der Waals surface area contributed by atoms with E-state index in [1.165, 1.54) is 6.07 Å². The molecule has 1 fully saturated rings. The molecule has 0 bridgehead atoms. The van der Waals surface area contributed by atoms with Gasteiger partial charge in [0.2, 0.25) is 0 Å². The van der Waals surface area contributed by atoms with Gasteiger partial charge >= 0.3 is 0 Å². The number of ether oxygens (including phenoxy) is 1. The van der Waals surface area contributed by atoms with Crippen LogP contribution in [-0.4, -0.2) is 17.3 Å². The van der Waals surface area contributed by atoms with Crippen LogP contribution in [0.3, 0.4) is 0 Å². The summed E-state index contributed by atoms with van der Waals surface area (Å²) in [6, 6.07) is 3.44. The first kappa shape index (κ1) is 12.3. The number of benzene rings is 1. The summed E-state index contributed by atoms with van der Waals surface area (Å²) in [4.78, 5) is 0. The lowest BCUT2D eigenvalue weighted by Gasteiger charge is -2.22. The minimum atomic E-state index is -0.925. The van der Waals surface area contributed by atoms with E-state index < -0.39 is 17.7 Å². The van der Waals surface area contributed by atoms with Gasteiger partial charge in [-0.15, -0.1) is 0 Å². The predicted octanol–water partition coefficient (Wildman–Crippen LogP) is 3.04. The maximum Gasteiger partial charge on any atom is 0.162 e. The second kappa shape index (κ2) is 5.45. The molecular weight excluding hydrogens is 226 g/mol. The molecule has 0 radical (unpaired) electrons. The van der Waals surface area contributed by atoms with Crippen molar-refractivity contribution in [3.63, 3.8) is 0 Å². The minimum absolute atomic E-state index is 0.273. The van der Waals surface area contributed by atoms with Crippen LogP contribution in [0.25, 0.3) is 0 Å². The molecule has 1 aromatic rings. The molecule has 0 amide bonds. The van der Waals surface area contributed by atoms with Gasteiger partial charge in [-0.3, -0.25) is 0 Å². The van der Waals surface area contributed by atoms with Gasteiger partial charge in [-0.25, -0.2) is 8.78 Å². The van der Waals surface area contributed by atoms with Crippen LogP contribution in [0.5, 0.6) is 5.75 Å². The van der Waals surface area contributed by atoms with Gasteiger partial charge in [-0.1, -0.05) is 12.8 Å². The fraction of sp³-hybridized carbons (Fsp3) is 0.538. The van der Waals surface area contributed by atoms with Crippen LogP contribution in [0.2, 0.25) is 0 Å². The zero-order valence-corrected chi connectivity index (χ0v) is 9.53. The first-order valence-electron chi connectivity index (χ1n) is 5.96. The summed E-state index contributed by atoms with van der Waals surface area (Å²) in [5.74, 6) is -1.54. The van der Waals surface area contributed by atoms with E-state index in [0.29, 0.717) is 6.42 Å². The second-order valence-electron chi connectivity index (χ2n) is 4.44. The van der Waals surface area contributed by atoms with Gasteiger partial charge in [-0.2, -0.15) is 0 Å². The average molecular weight is 242 g/mol. The maximum atomic E-state index is 13.0. The van der Waals surface area contributed by atoms with Crippen molar-refractivity contribution in [2.45, 2.75) is 44.3 Å². The molecule has 2 unspecified atom stereocenters. The molecule has 2 nitrogen and oxygen atoms in total. The van der Waals surface area contributed by atoms with Crippen molar-refractivity contribution >= 4 is 0 Å². The number of halogens is 2. The summed E-state index contributed by atoms with van der Waals surface area (Å²) in [6.07, 6.45) is 3.67. The highest BCUT2D eigenvalue weighted by Gasteiger charge is 2.23. The molecule has 0 spiro atoms. The highest BCUT2D eigenvalue weighted by Crippen LogP contribution is 2.24. The summed E-state index contributed by atoms with van der Waals surface area (Å²) in [5, 5.41) is 9.84. The van der Waals surface area contributed by atoms with Crippen LogP contribution in [0.1, 0.15) is 32.1 Å². The van der Waals surface area contributed by atoms with Crippen molar-refractivity contribution in [1.29, 1.82) is 0 Å². The summed E-state index contributed by atoms with van der Waals surface area (Å²) in [5.41, 5.74) is 0. The highest BCUT2D eigenvalue weighted by atomic mass is 19.2. The third-order valence-corrected chi connectivity index (χ3v) is 3.10. The van der Waals surface area contributed by atoms with Crippen molar-refractivity contribution in [2.24, 2.45) is 0 Å². The Kier molecular flexibility index (Phi) is 3.94. The van der Waals surface area contributed by atoms with Crippen LogP contribution in [0.4, 0.5) is 8.78 Å². The molecule has 1 aliphatic carbocycles. The molecular formula is C13H16F2O2. The largest absolute Gasteiger partial charge is 0.488 e. The monoisotopic (exact) mass is 242 g/mol. The third kappa shape index (κ3) is 3.16. The number of rotatable bonds is 2. The topological polar surface area (TPSA) is 29.5 Å². The number of hydrogen-bond donors (Lipinski definition) is 1. The SMILES string of the molecule is OC1CCCCCC1Oc1ccc(F)c(F)c1. The molecule has 4 heteroatoms. The van der Waals surface area contributed by atoms with Crippen LogP contribution >= 0.6 is 0 Å². The van der Waals surface area contributed by atoms with E-state index in [1.807, 2.05) is 0 Å². The first-order valence-corrected chi connectivity index (χ1v) is 5.96. The van der Waals surface area contributed by atoms with Crippen molar-refractivity contribution in [3.8, 4) is 5.75 Å². The Morgan fingerprint density at radius 3 is 2.59 bits per heavy atom. The Labute approximate surface area is 99.2 Å². The average Bonchev–Trinajstić information content (AvgIpc) is 2.50. The molecule has 2 atom stereocenters. The van der Waals surface area contributed by atoms with Gasteiger partial charge in [0.05, 0.1) is 6.10 Å². The normalized spacial score (nSPS) is 25.4. The molecule has 1 saturated carbocycles. The molecule has 0 heterocycles. The van der Waals surface area contributed by atoms with Crippen LogP contribution in [-0.2, 0) is 0 Å². The maximum absolute atomic E-state index is 13.0. The number of aliphatic hydroxyl groups is 1. The van der Waals surface area contributed by atoms with E-state index in [1.54, 1.807) is 0 Å². The lowest BCUT2D eigenvalue weighted by Crippen LogP contribution is -2.30. The van der Waals surface area contributed by atoms with E-state index in [4.69, 9.17) is 4.74 Å². The smallest absolute Gasteiger partial charge is 0.162 e. The van der Waals surface area contributed by atoms with Crippen molar-refractivity contribution in [3.05, 3.63) is 29.8 Å².